The highest BCUT2D eigenvalue weighted by Crippen LogP contribution is 2.35. The van der Waals surface area contributed by atoms with Gasteiger partial charge in [0.05, 0.1) is 6.04 Å². The van der Waals surface area contributed by atoms with Gasteiger partial charge in [-0.2, -0.15) is 0 Å². The summed E-state index contributed by atoms with van der Waals surface area (Å²) in [6, 6.07) is 6.39. The first-order valence-corrected chi connectivity index (χ1v) is 8.67. The van der Waals surface area contributed by atoms with Gasteiger partial charge < -0.3 is 10.2 Å². The largest absolute Gasteiger partial charge is 0.338 e. The summed E-state index contributed by atoms with van der Waals surface area (Å²) in [5.74, 6) is 0. The van der Waals surface area contributed by atoms with Crippen molar-refractivity contribution in [1.82, 2.24) is 15.2 Å². The highest BCUT2D eigenvalue weighted by atomic mass is 32.1. The fourth-order valence-corrected chi connectivity index (χ4v) is 3.97. The Labute approximate surface area is 135 Å². The number of urea groups is 1. The van der Waals surface area contributed by atoms with Crippen LogP contribution in [0.3, 0.4) is 0 Å². The van der Waals surface area contributed by atoms with E-state index in [4.69, 9.17) is 0 Å². The molecule has 5 heteroatoms. The summed E-state index contributed by atoms with van der Waals surface area (Å²) in [5.41, 5.74) is 2.48. The second kappa shape index (κ2) is 6.92. The number of hydrogen-bond acceptors (Lipinski definition) is 3. The third-order valence-corrected chi connectivity index (χ3v) is 5.15. The quantitative estimate of drug-likeness (QED) is 0.940. The molecular formula is C17H21N3OS. The van der Waals surface area contributed by atoms with Gasteiger partial charge in [0.15, 0.2) is 0 Å². The number of aromatic nitrogens is 1. The SMILES string of the molecule is CCC1c2ccsc2CCN1C(=O)NCCc1cccnc1. The number of rotatable bonds is 4. The number of carbonyl (C=O) groups excluding carboxylic acids is 1. The van der Waals surface area contributed by atoms with Crippen LogP contribution >= 0.6 is 11.3 Å². The molecule has 0 aromatic carbocycles. The second-order valence-corrected chi connectivity index (χ2v) is 6.51. The molecule has 2 amide bonds. The molecule has 4 nitrogen and oxygen atoms in total. The van der Waals surface area contributed by atoms with Crippen LogP contribution in [0, 0.1) is 0 Å². The summed E-state index contributed by atoms with van der Waals surface area (Å²) >= 11 is 1.81. The number of nitrogens with one attached hydrogen (secondary N) is 1. The van der Waals surface area contributed by atoms with E-state index < -0.39 is 0 Å². The molecule has 0 saturated carbocycles. The van der Waals surface area contributed by atoms with E-state index in [0.717, 1.165) is 31.4 Å². The number of hydrogen-bond donors (Lipinski definition) is 1. The number of nitrogens with zero attached hydrogens (tertiary/aromatic N) is 2. The molecule has 2 aromatic rings. The van der Waals surface area contributed by atoms with Crippen molar-refractivity contribution < 1.29 is 4.79 Å². The van der Waals surface area contributed by atoms with E-state index >= 15 is 0 Å². The van der Waals surface area contributed by atoms with Crippen molar-refractivity contribution in [3.63, 3.8) is 0 Å². The molecule has 1 aliphatic heterocycles. The lowest BCUT2D eigenvalue weighted by atomic mass is 9.98. The normalized spacial score (nSPS) is 17.1. The Kier molecular flexibility index (Phi) is 4.73. The van der Waals surface area contributed by atoms with Gasteiger partial charge in [0.2, 0.25) is 0 Å². The predicted molar refractivity (Wildman–Crippen MR) is 89.1 cm³/mol. The van der Waals surface area contributed by atoms with E-state index in [0.29, 0.717) is 6.54 Å². The minimum absolute atomic E-state index is 0.0487. The molecule has 3 rings (SSSR count). The fraction of sp³-hybridized carbons (Fsp3) is 0.412. The molecule has 0 bridgehead atoms. The average molecular weight is 315 g/mol. The molecule has 22 heavy (non-hydrogen) atoms. The summed E-state index contributed by atoms with van der Waals surface area (Å²) in [6.45, 7) is 3.60. The molecular weight excluding hydrogens is 294 g/mol. The van der Waals surface area contributed by atoms with Gasteiger partial charge in [0.25, 0.3) is 0 Å². The number of carbonyl (C=O) groups is 1. The van der Waals surface area contributed by atoms with Gasteiger partial charge in [0.1, 0.15) is 0 Å². The van der Waals surface area contributed by atoms with E-state index in [1.165, 1.54) is 10.4 Å². The van der Waals surface area contributed by atoms with Crippen LogP contribution in [-0.2, 0) is 12.8 Å². The third kappa shape index (κ3) is 3.14. The molecule has 3 heterocycles. The first-order valence-electron chi connectivity index (χ1n) is 7.79. The van der Waals surface area contributed by atoms with Crippen molar-refractivity contribution in [2.75, 3.05) is 13.1 Å². The smallest absolute Gasteiger partial charge is 0.317 e. The van der Waals surface area contributed by atoms with Gasteiger partial charge >= 0.3 is 6.03 Å². The maximum absolute atomic E-state index is 12.5. The summed E-state index contributed by atoms with van der Waals surface area (Å²) in [4.78, 5) is 20.0. The lowest BCUT2D eigenvalue weighted by Gasteiger charge is -2.35. The van der Waals surface area contributed by atoms with Gasteiger partial charge in [-0.1, -0.05) is 13.0 Å². The lowest BCUT2D eigenvalue weighted by Crippen LogP contribution is -2.45. The van der Waals surface area contributed by atoms with Gasteiger partial charge in [-0.05, 0) is 47.9 Å². The Hall–Kier alpha value is -1.88. The summed E-state index contributed by atoms with van der Waals surface area (Å²) in [7, 11) is 0. The Morgan fingerprint density at radius 2 is 2.41 bits per heavy atom. The van der Waals surface area contributed by atoms with Crippen molar-refractivity contribution in [2.24, 2.45) is 0 Å². The topological polar surface area (TPSA) is 45.2 Å². The minimum Gasteiger partial charge on any atom is -0.338 e. The van der Waals surface area contributed by atoms with Gasteiger partial charge in [-0.3, -0.25) is 4.98 Å². The first-order chi connectivity index (χ1) is 10.8. The Morgan fingerprint density at radius 1 is 1.50 bits per heavy atom. The maximum atomic E-state index is 12.5. The lowest BCUT2D eigenvalue weighted by molar-refractivity contribution is 0.168. The Bertz CT molecular complexity index is 626. The predicted octanol–water partition coefficient (Wildman–Crippen LogP) is 3.40. The molecule has 0 spiro atoms. The van der Waals surface area contributed by atoms with Gasteiger partial charge in [-0.25, -0.2) is 4.79 Å². The fourth-order valence-electron chi connectivity index (χ4n) is 3.04. The highest BCUT2D eigenvalue weighted by molar-refractivity contribution is 7.10. The van der Waals surface area contributed by atoms with Crippen LogP contribution in [0.2, 0.25) is 0 Å². The third-order valence-electron chi connectivity index (χ3n) is 4.16. The molecule has 116 valence electrons. The Balaban J connectivity index is 1.58. The molecule has 0 aliphatic carbocycles. The monoisotopic (exact) mass is 315 g/mol. The summed E-state index contributed by atoms with van der Waals surface area (Å²) < 4.78 is 0. The van der Waals surface area contributed by atoms with Crippen LogP contribution in [0.25, 0.3) is 0 Å². The molecule has 1 atom stereocenters. The average Bonchev–Trinajstić information content (AvgIpc) is 3.03. The molecule has 0 saturated heterocycles. The van der Waals surface area contributed by atoms with Crippen molar-refractivity contribution in [2.45, 2.75) is 32.2 Å². The summed E-state index contributed by atoms with van der Waals surface area (Å²) in [5, 5.41) is 5.19. The number of amides is 2. The molecule has 1 aliphatic rings. The van der Waals surface area contributed by atoms with E-state index in [-0.39, 0.29) is 12.1 Å². The molecule has 0 fully saturated rings. The number of fused-ring (bicyclic) bond motifs is 1. The van der Waals surface area contributed by atoms with E-state index in [9.17, 15) is 4.79 Å². The zero-order valence-electron chi connectivity index (χ0n) is 12.8. The van der Waals surface area contributed by atoms with Gasteiger partial charge in [-0.15, -0.1) is 11.3 Å². The van der Waals surface area contributed by atoms with Crippen molar-refractivity contribution in [1.29, 1.82) is 0 Å². The van der Waals surface area contributed by atoms with Gasteiger partial charge in [0, 0.05) is 30.4 Å². The molecule has 2 aromatic heterocycles. The Morgan fingerprint density at radius 3 is 3.18 bits per heavy atom. The van der Waals surface area contributed by atoms with Crippen LogP contribution in [0.5, 0.6) is 0 Å². The molecule has 1 N–H and O–H groups in total. The van der Waals surface area contributed by atoms with Crippen LogP contribution in [0.1, 0.15) is 35.4 Å². The summed E-state index contributed by atoms with van der Waals surface area (Å²) in [6.07, 6.45) is 6.35. The minimum atomic E-state index is 0.0487. The van der Waals surface area contributed by atoms with Crippen molar-refractivity contribution >= 4 is 17.4 Å². The van der Waals surface area contributed by atoms with E-state index in [2.05, 4.69) is 28.7 Å². The second-order valence-electron chi connectivity index (χ2n) is 5.51. The number of pyridine rings is 1. The number of thiophene rings is 1. The first kappa shape index (κ1) is 15.0. The van der Waals surface area contributed by atoms with Crippen LogP contribution in [0.15, 0.2) is 36.0 Å². The van der Waals surface area contributed by atoms with Crippen molar-refractivity contribution in [3.8, 4) is 0 Å². The molecule has 1 unspecified atom stereocenters. The van der Waals surface area contributed by atoms with Crippen LogP contribution in [0.4, 0.5) is 4.79 Å². The van der Waals surface area contributed by atoms with E-state index in [1.54, 1.807) is 6.20 Å². The zero-order chi connectivity index (χ0) is 15.4. The van der Waals surface area contributed by atoms with Crippen molar-refractivity contribution in [3.05, 3.63) is 52.0 Å². The zero-order valence-corrected chi connectivity index (χ0v) is 13.6. The highest BCUT2D eigenvalue weighted by Gasteiger charge is 2.29. The maximum Gasteiger partial charge on any atom is 0.317 e. The van der Waals surface area contributed by atoms with Crippen LogP contribution < -0.4 is 5.32 Å². The molecule has 0 radical (unpaired) electrons. The van der Waals surface area contributed by atoms with Crippen LogP contribution in [-0.4, -0.2) is 29.0 Å². The standard InChI is InChI=1S/C17H21N3OS/c1-2-15-14-7-11-22-16(14)6-10-20(15)17(21)19-9-5-13-4-3-8-18-12-13/h3-4,7-8,11-12,15H,2,5-6,9-10H2,1H3,(H,19,21). The van der Waals surface area contributed by atoms with E-state index in [1.807, 2.05) is 34.6 Å².